The van der Waals surface area contributed by atoms with Crippen LogP contribution >= 0.6 is 0 Å². The molecule has 0 radical (unpaired) electrons. The summed E-state index contributed by atoms with van der Waals surface area (Å²) in [7, 11) is 0. The molecule has 11 heteroatoms. The lowest BCUT2D eigenvalue weighted by molar-refractivity contribution is -0.174. The van der Waals surface area contributed by atoms with E-state index in [1.807, 2.05) is 4.90 Å². The maximum Gasteiger partial charge on any atom is 0.410 e. The summed E-state index contributed by atoms with van der Waals surface area (Å²) in [6, 6.07) is 8.14. The molecule has 174 valence electrons. The predicted octanol–water partition coefficient (Wildman–Crippen LogP) is 4.24. The van der Waals surface area contributed by atoms with Crippen molar-refractivity contribution in [3.8, 4) is 0 Å². The lowest BCUT2D eigenvalue weighted by Crippen LogP contribution is -2.49. The van der Waals surface area contributed by atoms with Crippen molar-refractivity contribution in [2.45, 2.75) is 24.7 Å². The number of benzene rings is 1. The van der Waals surface area contributed by atoms with Crippen molar-refractivity contribution in [3.05, 3.63) is 66.0 Å². The first-order chi connectivity index (χ1) is 15.8. The van der Waals surface area contributed by atoms with Crippen molar-refractivity contribution < 1.29 is 26.8 Å². The van der Waals surface area contributed by atoms with E-state index in [0.29, 0.717) is 31.9 Å². The Morgan fingerprint density at radius 2 is 1.82 bits per heavy atom. The quantitative estimate of drug-likeness (QED) is 0.589. The second-order valence-corrected chi connectivity index (χ2v) is 8.12. The van der Waals surface area contributed by atoms with Gasteiger partial charge in [-0.15, -0.1) is 0 Å². The van der Waals surface area contributed by atoms with Gasteiger partial charge < -0.3 is 19.5 Å². The van der Waals surface area contributed by atoms with Gasteiger partial charge in [0.05, 0.1) is 12.3 Å². The van der Waals surface area contributed by atoms with Gasteiger partial charge in [-0.05, 0) is 36.4 Å². The van der Waals surface area contributed by atoms with Gasteiger partial charge in [-0.1, -0.05) is 0 Å². The van der Waals surface area contributed by atoms with E-state index in [2.05, 4.69) is 10.4 Å². The molecule has 1 N–H and O–H groups in total. The van der Waals surface area contributed by atoms with Crippen LogP contribution in [0.3, 0.4) is 0 Å². The fraction of sp³-hybridized carbons (Fsp3) is 0.364. The lowest BCUT2D eigenvalue weighted by atomic mass is 10.0. The third-order valence-electron chi connectivity index (χ3n) is 6.05. The van der Waals surface area contributed by atoms with Crippen molar-refractivity contribution in [1.82, 2.24) is 14.7 Å². The average Bonchev–Trinajstić information content (AvgIpc) is 3.48. The second kappa shape index (κ2) is 8.13. The van der Waals surface area contributed by atoms with Crippen LogP contribution < -0.4 is 10.2 Å². The molecule has 0 bridgehead atoms. The van der Waals surface area contributed by atoms with E-state index in [-0.39, 0.29) is 23.7 Å². The number of halogens is 4. The first-order valence-corrected chi connectivity index (χ1v) is 10.6. The van der Waals surface area contributed by atoms with Gasteiger partial charge >= 0.3 is 6.18 Å². The molecule has 1 amide bonds. The van der Waals surface area contributed by atoms with E-state index >= 15 is 0 Å². The minimum Gasteiger partial charge on any atom is -0.467 e. The van der Waals surface area contributed by atoms with Crippen molar-refractivity contribution >= 4 is 17.4 Å². The molecule has 0 saturated carbocycles. The fourth-order valence-corrected chi connectivity index (χ4v) is 4.34. The van der Waals surface area contributed by atoms with Crippen LogP contribution in [0.1, 0.15) is 34.8 Å². The van der Waals surface area contributed by atoms with E-state index < -0.39 is 24.2 Å². The Morgan fingerprint density at radius 3 is 2.45 bits per heavy atom. The molecular weight excluding hydrogens is 442 g/mol. The molecule has 0 aliphatic carbocycles. The molecule has 2 aromatic heterocycles. The van der Waals surface area contributed by atoms with E-state index in [4.69, 9.17) is 4.42 Å². The number of anilines is 2. The van der Waals surface area contributed by atoms with Crippen LogP contribution in [0.4, 0.5) is 29.1 Å². The summed E-state index contributed by atoms with van der Waals surface area (Å²) in [5.74, 6) is -0.232. The van der Waals surface area contributed by atoms with Gasteiger partial charge in [-0.25, -0.2) is 9.07 Å². The summed E-state index contributed by atoms with van der Waals surface area (Å²) in [5.41, 5.74) is 0.809. The molecule has 1 saturated heterocycles. The normalized spacial score (nSPS) is 21.0. The monoisotopic (exact) mass is 463 g/mol. The molecule has 4 heterocycles. The van der Waals surface area contributed by atoms with Crippen molar-refractivity contribution in [3.63, 3.8) is 0 Å². The molecule has 2 aliphatic heterocycles. The van der Waals surface area contributed by atoms with Gasteiger partial charge in [0, 0.05) is 44.4 Å². The summed E-state index contributed by atoms with van der Waals surface area (Å²) >= 11 is 0. The van der Waals surface area contributed by atoms with Crippen LogP contribution in [0.25, 0.3) is 0 Å². The largest absolute Gasteiger partial charge is 0.467 e. The van der Waals surface area contributed by atoms with Gasteiger partial charge in [0.2, 0.25) is 0 Å². The molecule has 2 aliphatic rings. The number of hydrogen-bond donors (Lipinski definition) is 1. The molecule has 2 atom stereocenters. The van der Waals surface area contributed by atoms with Crippen molar-refractivity contribution in [2.75, 3.05) is 36.4 Å². The van der Waals surface area contributed by atoms with E-state index in [9.17, 15) is 22.4 Å². The highest BCUT2D eigenvalue weighted by Gasteiger charge is 2.47. The highest BCUT2D eigenvalue weighted by Crippen LogP contribution is 2.43. The van der Waals surface area contributed by atoms with Gasteiger partial charge in [0.25, 0.3) is 5.91 Å². The molecular formula is C22H21F4N5O2. The Kier molecular flexibility index (Phi) is 5.26. The zero-order valence-electron chi connectivity index (χ0n) is 17.4. The summed E-state index contributed by atoms with van der Waals surface area (Å²) < 4.78 is 60.6. The summed E-state index contributed by atoms with van der Waals surface area (Å²) in [5, 5.41) is 7.04. The first-order valence-electron chi connectivity index (χ1n) is 10.6. The number of rotatable bonds is 3. The number of amides is 1. The number of alkyl halides is 3. The molecule has 3 aromatic rings. The Labute approximate surface area is 186 Å². The number of piperazine rings is 1. The number of furan rings is 1. The fourth-order valence-electron chi connectivity index (χ4n) is 4.34. The Balaban J connectivity index is 1.33. The lowest BCUT2D eigenvalue weighted by Gasteiger charge is -2.35. The van der Waals surface area contributed by atoms with Crippen LogP contribution in [-0.2, 0) is 0 Å². The molecule has 0 unspecified atom stereocenters. The van der Waals surface area contributed by atoms with E-state index in [1.54, 1.807) is 29.2 Å². The number of nitrogens with zero attached hydrogens (tertiary/aromatic N) is 4. The number of carbonyl (C=O) groups excluding carboxylic acids is 1. The smallest absolute Gasteiger partial charge is 0.410 e. The third-order valence-corrected chi connectivity index (χ3v) is 6.05. The van der Waals surface area contributed by atoms with Crippen molar-refractivity contribution in [1.29, 1.82) is 0 Å². The van der Waals surface area contributed by atoms with Gasteiger partial charge in [-0.2, -0.15) is 18.3 Å². The highest BCUT2D eigenvalue weighted by molar-refractivity contribution is 5.93. The second-order valence-electron chi connectivity index (χ2n) is 8.12. The summed E-state index contributed by atoms with van der Waals surface area (Å²) in [6.07, 6.45) is -3.42. The Morgan fingerprint density at radius 1 is 1.09 bits per heavy atom. The topological polar surface area (TPSA) is 66.5 Å². The van der Waals surface area contributed by atoms with Crippen molar-refractivity contribution in [2.24, 2.45) is 0 Å². The minimum atomic E-state index is -4.53. The average molecular weight is 463 g/mol. The third kappa shape index (κ3) is 4.14. The standard InChI is InChI=1S/C22H21F4N5O2/c23-14-3-5-15(6-4-14)29-7-9-30(10-8-29)21(32)17-13-20-27-16(18-2-1-11-33-18)12-19(22(24,25)26)31(20)28-17/h1-6,11,13,16,19,27H,7-10,12H2/t16-,19+/m0/s1. The predicted molar refractivity (Wildman–Crippen MR) is 112 cm³/mol. The Hall–Kier alpha value is -3.50. The SMILES string of the molecule is O=C(c1cc2n(n1)[C@@H](C(F)(F)F)C[C@@H](c1ccco1)N2)N1CCN(c2ccc(F)cc2)CC1. The first kappa shape index (κ1) is 21.4. The maximum absolute atomic E-state index is 13.8. The van der Waals surface area contributed by atoms with E-state index in [1.165, 1.54) is 24.5 Å². The zero-order chi connectivity index (χ0) is 23.2. The van der Waals surface area contributed by atoms with Gasteiger partial charge in [0.1, 0.15) is 17.4 Å². The van der Waals surface area contributed by atoms with Crippen LogP contribution in [0, 0.1) is 5.82 Å². The van der Waals surface area contributed by atoms with Crippen LogP contribution in [0.5, 0.6) is 0 Å². The molecule has 0 spiro atoms. The molecule has 33 heavy (non-hydrogen) atoms. The summed E-state index contributed by atoms with van der Waals surface area (Å²) in [4.78, 5) is 16.6. The van der Waals surface area contributed by atoms with Crippen LogP contribution in [0.15, 0.2) is 53.1 Å². The number of aromatic nitrogens is 2. The molecule has 5 rings (SSSR count). The number of nitrogens with one attached hydrogen (secondary N) is 1. The Bertz CT molecular complexity index is 1120. The van der Waals surface area contributed by atoms with Crippen LogP contribution in [0.2, 0.25) is 0 Å². The maximum atomic E-state index is 13.8. The molecule has 1 fully saturated rings. The number of fused-ring (bicyclic) bond motifs is 1. The van der Waals surface area contributed by atoms with Gasteiger partial charge in [-0.3, -0.25) is 4.79 Å². The number of hydrogen-bond acceptors (Lipinski definition) is 5. The van der Waals surface area contributed by atoms with Crippen LogP contribution in [-0.4, -0.2) is 52.9 Å². The number of carbonyl (C=O) groups is 1. The molecule has 7 nitrogen and oxygen atoms in total. The summed E-state index contributed by atoms with van der Waals surface area (Å²) in [6.45, 7) is 1.80. The highest BCUT2D eigenvalue weighted by atomic mass is 19.4. The van der Waals surface area contributed by atoms with Gasteiger partial charge in [0.15, 0.2) is 11.7 Å². The zero-order valence-corrected chi connectivity index (χ0v) is 17.4. The van der Waals surface area contributed by atoms with E-state index in [0.717, 1.165) is 10.4 Å². The molecule has 1 aromatic carbocycles. The minimum absolute atomic E-state index is 0.0397.